The summed E-state index contributed by atoms with van der Waals surface area (Å²) in [6.07, 6.45) is 1.54. The molecule has 0 aliphatic heterocycles. The van der Waals surface area contributed by atoms with Crippen molar-refractivity contribution in [2.24, 2.45) is 0 Å². The van der Waals surface area contributed by atoms with Gasteiger partial charge in [0.25, 0.3) is 0 Å². The normalized spacial score (nSPS) is 8.67. The maximum Gasteiger partial charge on any atom is 0.190 e. The topological polar surface area (TPSA) is 38.7 Å². The van der Waals surface area contributed by atoms with Crippen molar-refractivity contribution >= 4 is 11.8 Å². The van der Waals surface area contributed by atoms with E-state index < -0.39 is 0 Å². The second kappa shape index (κ2) is 7.03. The minimum Gasteiger partial charge on any atom is -0.222 e. The van der Waals surface area contributed by atoms with Crippen LogP contribution in [0.15, 0.2) is 11.5 Å². The molecular formula is C8H15N3S. The fourth-order valence-electron chi connectivity index (χ4n) is 0.557. The number of hydrogen-bond donors (Lipinski definition) is 0. The summed E-state index contributed by atoms with van der Waals surface area (Å²) in [4.78, 5) is 12.0. The second-order valence-corrected chi connectivity index (χ2v) is 2.98. The number of aromatic nitrogens is 3. The summed E-state index contributed by atoms with van der Waals surface area (Å²) in [5, 5.41) is 0.815. The molecule has 0 N–H and O–H groups in total. The maximum absolute atomic E-state index is 4.10. The van der Waals surface area contributed by atoms with E-state index in [4.69, 9.17) is 0 Å². The SMILES string of the molecule is CC.CCSc1ncnc(C)n1. The Kier molecular flexibility index (Phi) is 6.66. The summed E-state index contributed by atoms with van der Waals surface area (Å²) < 4.78 is 0. The van der Waals surface area contributed by atoms with E-state index in [1.807, 2.05) is 20.8 Å². The van der Waals surface area contributed by atoms with Gasteiger partial charge >= 0.3 is 0 Å². The first-order valence-corrected chi connectivity index (χ1v) is 5.10. The van der Waals surface area contributed by atoms with Gasteiger partial charge in [0.1, 0.15) is 12.2 Å². The van der Waals surface area contributed by atoms with E-state index in [9.17, 15) is 0 Å². The van der Waals surface area contributed by atoms with Crippen LogP contribution >= 0.6 is 11.8 Å². The average Bonchev–Trinajstić information content (AvgIpc) is 2.09. The molecule has 4 heteroatoms. The molecule has 0 unspecified atom stereocenters. The Morgan fingerprint density at radius 3 is 2.50 bits per heavy atom. The molecule has 0 aromatic carbocycles. The molecule has 0 radical (unpaired) electrons. The fraction of sp³-hybridized carbons (Fsp3) is 0.625. The standard InChI is InChI=1S/C6H9N3S.C2H6/c1-3-10-6-8-4-7-5(2)9-6;1-2/h4H,3H2,1-2H3;1-2H3. The van der Waals surface area contributed by atoms with Gasteiger partial charge in [0.05, 0.1) is 0 Å². The number of hydrogen-bond acceptors (Lipinski definition) is 4. The van der Waals surface area contributed by atoms with Crippen molar-refractivity contribution in [3.8, 4) is 0 Å². The van der Waals surface area contributed by atoms with Gasteiger partial charge in [-0.2, -0.15) is 0 Å². The fourth-order valence-corrected chi connectivity index (χ4v) is 1.13. The molecule has 0 fully saturated rings. The van der Waals surface area contributed by atoms with Gasteiger partial charge in [-0.05, 0) is 12.7 Å². The van der Waals surface area contributed by atoms with E-state index in [0.717, 1.165) is 16.7 Å². The largest absolute Gasteiger partial charge is 0.222 e. The van der Waals surface area contributed by atoms with E-state index in [-0.39, 0.29) is 0 Å². The van der Waals surface area contributed by atoms with Crippen LogP contribution < -0.4 is 0 Å². The molecule has 1 aromatic heterocycles. The third-order valence-corrected chi connectivity index (χ3v) is 1.69. The molecule has 0 amide bonds. The summed E-state index contributed by atoms with van der Waals surface area (Å²) >= 11 is 1.63. The average molecular weight is 185 g/mol. The molecule has 12 heavy (non-hydrogen) atoms. The predicted octanol–water partition coefficient (Wildman–Crippen LogP) is 2.32. The van der Waals surface area contributed by atoms with E-state index >= 15 is 0 Å². The molecule has 0 saturated heterocycles. The zero-order valence-electron chi connectivity index (χ0n) is 8.03. The van der Waals surface area contributed by atoms with Crippen molar-refractivity contribution in [1.29, 1.82) is 0 Å². The maximum atomic E-state index is 4.10. The number of rotatable bonds is 2. The first kappa shape index (κ1) is 11.4. The van der Waals surface area contributed by atoms with Crippen molar-refractivity contribution in [3.63, 3.8) is 0 Å². The number of aryl methyl sites for hydroxylation is 1. The molecule has 0 saturated carbocycles. The van der Waals surface area contributed by atoms with Gasteiger partial charge in [0.15, 0.2) is 5.16 Å². The zero-order valence-corrected chi connectivity index (χ0v) is 8.85. The van der Waals surface area contributed by atoms with E-state index in [0.29, 0.717) is 0 Å². The van der Waals surface area contributed by atoms with Crippen LogP contribution in [0.1, 0.15) is 26.6 Å². The summed E-state index contributed by atoms with van der Waals surface area (Å²) in [5.74, 6) is 1.79. The van der Waals surface area contributed by atoms with Crippen molar-refractivity contribution in [2.45, 2.75) is 32.9 Å². The lowest BCUT2D eigenvalue weighted by Gasteiger charge is -1.94. The highest BCUT2D eigenvalue weighted by Crippen LogP contribution is 2.09. The highest BCUT2D eigenvalue weighted by atomic mass is 32.2. The number of thioether (sulfide) groups is 1. The summed E-state index contributed by atoms with van der Waals surface area (Å²) in [5.41, 5.74) is 0. The van der Waals surface area contributed by atoms with Crippen LogP contribution in [-0.2, 0) is 0 Å². The lowest BCUT2D eigenvalue weighted by Crippen LogP contribution is -1.91. The van der Waals surface area contributed by atoms with Gasteiger partial charge in [-0.1, -0.05) is 32.5 Å². The van der Waals surface area contributed by atoms with Crippen molar-refractivity contribution in [3.05, 3.63) is 12.2 Å². The van der Waals surface area contributed by atoms with Gasteiger partial charge in [0.2, 0.25) is 0 Å². The molecule has 0 spiro atoms. The molecule has 1 heterocycles. The van der Waals surface area contributed by atoms with Crippen LogP contribution in [0.2, 0.25) is 0 Å². The molecule has 1 aromatic rings. The minimum atomic E-state index is 0.783. The quantitative estimate of drug-likeness (QED) is 0.663. The Morgan fingerprint density at radius 1 is 1.33 bits per heavy atom. The van der Waals surface area contributed by atoms with Crippen molar-refractivity contribution in [2.75, 3.05) is 5.75 Å². The lowest BCUT2D eigenvalue weighted by molar-refractivity contribution is 0.858. The number of nitrogens with zero attached hydrogens (tertiary/aromatic N) is 3. The summed E-state index contributed by atoms with van der Waals surface area (Å²) in [6.45, 7) is 7.94. The van der Waals surface area contributed by atoms with Gasteiger partial charge in [0, 0.05) is 0 Å². The zero-order chi connectivity index (χ0) is 9.40. The molecule has 0 atom stereocenters. The van der Waals surface area contributed by atoms with Crippen LogP contribution in [0.25, 0.3) is 0 Å². The van der Waals surface area contributed by atoms with Crippen LogP contribution in [0, 0.1) is 6.92 Å². The summed E-state index contributed by atoms with van der Waals surface area (Å²) in [6, 6.07) is 0. The van der Waals surface area contributed by atoms with Crippen LogP contribution in [0.3, 0.4) is 0 Å². The second-order valence-electron chi connectivity index (χ2n) is 1.75. The first-order chi connectivity index (χ1) is 5.83. The Bertz CT molecular complexity index is 215. The predicted molar refractivity (Wildman–Crippen MR) is 52.3 cm³/mol. The Hall–Kier alpha value is -0.640. The smallest absolute Gasteiger partial charge is 0.190 e. The monoisotopic (exact) mass is 185 g/mol. The molecule has 3 nitrogen and oxygen atoms in total. The van der Waals surface area contributed by atoms with Gasteiger partial charge in [-0.15, -0.1) is 0 Å². The van der Waals surface area contributed by atoms with E-state index in [1.165, 1.54) is 0 Å². The Morgan fingerprint density at radius 2 is 2.00 bits per heavy atom. The van der Waals surface area contributed by atoms with Crippen LogP contribution in [0.4, 0.5) is 0 Å². The molecule has 68 valence electrons. The molecule has 1 rings (SSSR count). The molecule has 0 bridgehead atoms. The van der Waals surface area contributed by atoms with Crippen LogP contribution in [-0.4, -0.2) is 20.7 Å². The minimum absolute atomic E-state index is 0.783. The summed E-state index contributed by atoms with van der Waals surface area (Å²) in [7, 11) is 0. The van der Waals surface area contributed by atoms with Crippen molar-refractivity contribution in [1.82, 2.24) is 15.0 Å². The third-order valence-electron chi connectivity index (χ3n) is 0.944. The lowest BCUT2D eigenvalue weighted by atomic mass is 10.7. The molecule has 0 aliphatic carbocycles. The third kappa shape index (κ3) is 4.28. The molecular weight excluding hydrogens is 170 g/mol. The van der Waals surface area contributed by atoms with Crippen LogP contribution in [0.5, 0.6) is 0 Å². The van der Waals surface area contributed by atoms with Gasteiger partial charge in [-0.25, -0.2) is 15.0 Å². The van der Waals surface area contributed by atoms with Gasteiger partial charge < -0.3 is 0 Å². The van der Waals surface area contributed by atoms with Crippen molar-refractivity contribution < 1.29 is 0 Å². The first-order valence-electron chi connectivity index (χ1n) is 4.11. The van der Waals surface area contributed by atoms with E-state index in [1.54, 1.807) is 18.1 Å². The van der Waals surface area contributed by atoms with Gasteiger partial charge in [-0.3, -0.25) is 0 Å². The van der Waals surface area contributed by atoms with E-state index in [2.05, 4.69) is 21.9 Å². The Labute approximate surface area is 78.0 Å². The molecule has 0 aliphatic rings. The Balaban J connectivity index is 0.000000561. The highest BCUT2D eigenvalue weighted by molar-refractivity contribution is 7.99. The highest BCUT2D eigenvalue weighted by Gasteiger charge is 1.93.